The third-order valence-corrected chi connectivity index (χ3v) is 5.31. The lowest BCUT2D eigenvalue weighted by molar-refractivity contribution is -0.122. The molecular formula is C16H16FN3OS. The molecule has 1 N–H and O–H groups in total. The smallest absolute Gasteiger partial charge is 0.228 e. The van der Waals surface area contributed by atoms with E-state index in [4.69, 9.17) is 0 Å². The molecule has 1 aliphatic carbocycles. The first kappa shape index (κ1) is 13.8. The number of hydrogen-bond donors (Lipinski definition) is 1. The molecule has 4 rings (SSSR count). The Morgan fingerprint density at radius 1 is 1.27 bits per heavy atom. The fourth-order valence-electron chi connectivity index (χ4n) is 2.80. The zero-order valence-corrected chi connectivity index (χ0v) is 12.8. The normalized spacial score (nSPS) is 17.1. The lowest BCUT2D eigenvalue weighted by Crippen LogP contribution is -2.29. The first-order valence-corrected chi connectivity index (χ1v) is 8.63. The van der Waals surface area contributed by atoms with Crippen LogP contribution in [-0.4, -0.2) is 15.7 Å². The molecule has 1 amide bonds. The van der Waals surface area contributed by atoms with Crippen molar-refractivity contribution in [3.8, 4) is 5.69 Å². The zero-order chi connectivity index (χ0) is 15.1. The fraction of sp³-hybridized carbons (Fsp3) is 0.375. The van der Waals surface area contributed by atoms with Crippen molar-refractivity contribution in [2.45, 2.75) is 30.8 Å². The molecule has 1 aromatic heterocycles. The number of aromatic nitrogens is 2. The van der Waals surface area contributed by atoms with Crippen molar-refractivity contribution in [2.75, 3.05) is 5.32 Å². The van der Waals surface area contributed by atoms with E-state index in [1.165, 1.54) is 12.1 Å². The van der Waals surface area contributed by atoms with Gasteiger partial charge in [0.1, 0.15) is 11.6 Å². The van der Waals surface area contributed by atoms with Crippen molar-refractivity contribution in [3.63, 3.8) is 0 Å². The summed E-state index contributed by atoms with van der Waals surface area (Å²) in [4.78, 5) is 12.3. The number of halogens is 1. The van der Waals surface area contributed by atoms with E-state index in [-0.39, 0.29) is 17.6 Å². The highest BCUT2D eigenvalue weighted by Gasteiger charge is 2.29. The van der Waals surface area contributed by atoms with E-state index in [1.807, 2.05) is 0 Å². The number of amides is 1. The number of hydrogen-bond acceptors (Lipinski definition) is 3. The van der Waals surface area contributed by atoms with Crippen LogP contribution in [0.25, 0.3) is 5.69 Å². The van der Waals surface area contributed by atoms with Gasteiger partial charge in [-0.15, -0.1) is 0 Å². The summed E-state index contributed by atoms with van der Waals surface area (Å²) in [6, 6.07) is 6.19. The summed E-state index contributed by atoms with van der Waals surface area (Å²) < 4.78 is 14.9. The molecule has 1 aliphatic heterocycles. The highest BCUT2D eigenvalue weighted by molar-refractivity contribution is 7.98. The van der Waals surface area contributed by atoms with Crippen LogP contribution in [-0.2, 0) is 16.3 Å². The van der Waals surface area contributed by atoms with E-state index in [9.17, 15) is 9.18 Å². The standard InChI is InChI=1S/C16H16FN3OS/c17-11-4-6-12(7-5-11)20-15(13-8-22-9-14(13)19-20)18-16(21)10-2-1-3-10/h4-7,10H,1-3,8-9H2,(H,18,21). The molecule has 6 heteroatoms. The van der Waals surface area contributed by atoms with E-state index in [1.54, 1.807) is 28.6 Å². The van der Waals surface area contributed by atoms with E-state index in [2.05, 4.69) is 10.4 Å². The van der Waals surface area contributed by atoms with Crippen molar-refractivity contribution in [1.29, 1.82) is 0 Å². The van der Waals surface area contributed by atoms with Gasteiger partial charge in [0.05, 0.1) is 11.4 Å². The third-order valence-electron chi connectivity index (χ3n) is 4.34. The number of carbonyl (C=O) groups excluding carboxylic acids is 1. The van der Waals surface area contributed by atoms with Crippen LogP contribution >= 0.6 is 11.8 Å². The maximum Gasteiger partial charge on any atom is 0.228 e. The monoisotopic (exact) mass is 317 g/mol. The van der Waals surface area contributed by atoms with Crippen molar-refractivity contribution < 1.29 is 9.18 Å². The quantitative estimate of drug-likeness (QED) is 0.942. The van der Waals surface area contributed by atoms with Crippen LogP contribution < -0.4 is 5.32 Å². The van der Waals surface area contributed by atoms with Crippen LogP contribution in [0.2, 0.25) is 0 Å². The zero-order valence-electron chi connectivity index (χ0n) is 12.0. The number of fused-ring (bicyclic) bond motifs is 1. The van der Waals surface area contributed by atoms with Crippen LogP contribution in [0.3, 0.4) is 0 Å². The lowest BCUT2D eigenvalue weighted by atomic mass is 9.85. The fourth-order valence-corrected chi connectivity index (χ4v) is 3.83. The average molecular weight is 317 g/mol. The highest BCUT2D eigenvalue weighted by atomic mass is 32.2. The third kappa shape index (κ3) is 2.31. The summed E-state index contributed by atoms with van der Waals surface area (Å²) in [6.45, 7) is 0. The summed E-state index contributed by atoms with van der Waals surface area (Å²) >= 11 is 1.80. The highest BCUT2D eigenvalue weighted by Crippen LogP contribution is 2.37. The second-order valence-corrected chi connectivity index (χ2v) is 6.76. The molecule has 0 spiro atoms. The van der Waals surface area contributed by atoms with E-state index < -0.39 is 0 Å². The SMILES string of the molecule is O=C(Nc1c2c(nn1-c1ccc(F)cc1)CSC2)C1CCC1. The minimum Gasteiger partial charge on any atom is -0.310 e. The van der Waals surface area contributed by atoms with Crippen molar-refractivity contribution in [2.24, 2.45) is 5.92 Å². The summed E-state index contributed by atoms with van der Waals surface area (Å²) in [6.07, 6.45) is 3.06. The Balaban J connectivity index is 1.71. The van der Waals surface area contributed by atoms with Gasteiger partial charge >= 0.3 is 0 Å². The molecule has 0 unspecified atom stereocenters. The number of rotatable bonds is 3. The van der Waals surface area contributed by atoms with Crippen LogP contribution in [0.5, 0.6) is 0 Å². The van der Waals surface area contributed by atoms with Crippen LogP contribution in [0, 0.1) is 11.7 Å². The second kappa shape index (κ2) is 5.43. The molecule has 2 heterocycles. The molecule has 0 radical (unpaired) electrons. The largest absolute Gasteiger partial charge is 0.310 e. The Kier molecular flexibility index (Phi) is 3.41. The van der Waals surface area contributed by atoms with Gasteiger partial charge in [0.25, 0.3) is 0 Å². The van der Waals surface area contributed by atoms with Gasteiger partial charge in [0.15, 0.2) is 0 Å². The topological polar surface area (TPSA) is 46.9 Å². The molecule has 1 fully saturated rings. The molecule has 114 valence electrons. The molecule has 0 saturated heterocycles. The second-order valence-electron chi connectivity index (χ2n) is 5.77. The van der Waals surface area contributed by atoms with Gasteiger partial charge in [0.2, 0.25) is 5.91 Å². The van der Waals surface area contributed by atoms with Crippen LogP contribution in [0.4, 0.5) is 10.2 Å². The molecule has 1 aromatic carbocycles. The number of nitrogens with one attached hydrogen (secondary N) is 1. The van der Waals surface area contributed by atoms with E-state index in [0.717, 1.165) is 53.5 Å². The Morgan fingerprint density at radius 2 is 2.05 bits per heavy atom. The number of anilines is 1. The van der Waals surface area contributed by atoms with Crippen LogP contribution in [0.15, 0.2) is 24.3 Å². The number of carbonyl (C=O) groups is 1. The van der Waals surface area contributed by atoms with Crippen LogP contribution in [0.1, 0.15) is 30.5 Å². The average Bonchev–Trinajstić information content (AvgIpc) is 3.01. The van der Waals surface area contributed by atoms with Gasteiger partial charge in [-0.1, -0.05) is 6.42 Å². The molecule has 4 nitrogen and oxygen atoms in total. The molecule has 22 heavy (non-hydrogen) atoms. The predicted molar refractivity (Wildman–Crippen MR) is 84.5 cm³/mol. The summed E-state index contributed by atoms with van der Waals surface area (Å²) in [5, 5.41) is 7.67. The van der Waals surface area contributed by atoms with Gasteiger partial charge < -0.3 is 5.32 Å². The van der Waals surface area contributed by atoms with Crippen molar-refractivity contribution in [3.05, 3.63) is 41.3 Å². The summed E-state index contributed by atoms with van der Waals surface area (Å²) in [5.74, 6) is 2.39. The molecule has 0 bridgehead atoms. The summed E-state index contributed by atoms with van der Waals surface area (Å²) in [5.41, 5.74) is 2.88. The van der Waals surface area contributed by atoms with E-state index in [0.29, 0.717) is 0 Å². The number of nitrogens with zero attached hydrogens (tertiary/aromatic N) is 2. The Hall–Kier alpha value is -1.82. The number of thioether (sulfide) groups is 1. The molecular weight excluding hydrogens is 301 g/mol. The maximum absolute atomic E-state index is 13.1. The molecule has 2 aliphatic rings. The molecule has 2 aromatic rings. The minimum absolute atomic E-state index is 0.0780. The lowest BCUT2D eigenvalue weighted by Gasteiger charge is -2.24. The Morgan fingerprint density at radius 3 is 2.73 bits per heavy atom. The van der Waals surface area contributed by atoms with Gasteiger partial charge in [-0.05, 0) is 37.1 Å². The summed E-state index contributed by atoms with van der Waals surface area (Å²) in [7, 11) is 0. The van der Waals surface area contributed by atoms with Gasteiger partial charge in [0, 0.05) is 23.0 Å². The maximum atomic E-state index is 13.1. The molecule has 1 saturated carbocycles. The van der Waals surface area contributed by atoms with Gasteiger partial charge in [-0.25, -0.2) is 9.07 Å². The Labute approximate surface area is 132 Å². The molecule has 0 atom stereocenters. The van der Waals surface area contributed by atoms with Gasteiger partial charge in [-0.3, -0.25) is 4.79 Å². The first-order valence-electron chi connectivity index (χ1n) is 7.47. The Bertz CT molecular complexity index is 722. The van der Waals surface area contributed by atoms with Gasteiger partial charge in [-0.2, -0.15) is 16.9 Å². The van der Waals surface area contributed by atoms with Crippen molar-refractivity contribution in [1.82, 2.24) is 9.78 Å². The predicted octanol–water partition coefficient (Wildman–Crippen LogP) is 3.50. The minimum atomic E-state index is -0.279. The van der Waals surface area contributed by atoms with Crippen molar-refractivity contribution >= 4 is 23.5 Å². The first-order chi connectivity index (χ1) is 10.7. The van der Waals surface area contributed by atoms with E-state index >= 15 is 0 Å². The number of benzene rings is 1.